The van der Waals surface area contributed by atoms with Crippen LogP contribution in [0.3, 0.4) is 0 Å². The molecule has 1 fully saturated rings. The maximum Gasteiger partial charge on any atom is 0.231 e. The molecule has 2 N–H and O–H groups in total. The molecule has 0 saturated heterocycles. The van der Waals surface area contributed by atoms with Crippen molar-refractivity contribution in [1.29, 1.82) is 0 Å². The monoisotopic (exact) mass is 277 g/mol. The van der Waals surface area contributed by atoms with Gasteiger partial charge in [-0.2, -0.15) is 0 Å². The number of hydrogen-bond acceptors (Lipinski definition) is 4. The summed E-state index contributed by atoms with van der Waals surface area (Å²) in [7, 11) is 1.77. The Bertz CT molecular complexity index is 500. The number of nitrogens with zero attached hydrogens (tertiary/aromatic N) is 1. The number of aliphatic imine (C=N–C) groups is 1. The lowest BCUT2D eigenvalue weighted by Crippen LogP contribution is -2.40. The lowest BCUT2D eigenvalue weighted by atomic mass is 10.3. The second-order valence-corrected chi connectivity index (χ2v) is 4.78. The van der Waals surface area contributed by atoms with Crippen molar-refractivity contribution in [3.05, 3.63) is 18.2 Å². The molecule has 1 aromatic rings. The maximum absolute atomic E-state index is 5.67. The molecular formula is C14H19N3O3. The van der Waals surface area contributed by atoms with Gasteiger partial charge >= 0.3 is 0 Å². The SMILES string of the molecule is CN=C(NCCOc1ccc2c(c1)OCO2)NC1CC1. The lowest BCUT2D eigenvalue weighted by molar-refractivity contribution is 0.173. The molecule has 3 rings (SSSR count). The predicted octanol–water partition coefficient (Wildman–Crippen LogP) is 1.12. The average Bonchev–Trinajstić information content (AvgIpc) is 3.16. The number of nitrogens with one attached hydrogen (secondary N) is 2. The highest BCUT2D eigenvalue weighted by molar-refractivity contribution is 5.80. The van der Waals surface area contributed by atoms with Gasteiger partial charge in [-0.15, -0.1) is 0 Å². The third-order valence-electron chi connectivity index (χ3n) is 3.15. The second-order valence-electron chi connectivity index (χ2n) is 4.78. The lowest BCUT2D eigenvalue weighted by Gasteiger charge is -2.12. The molecule has 0 spiro atoms. The minimum atomic E-state index is 0.281. The molecule has 1 heterocycles. The van der Waals surface area contributed by atoms with E-state index in [4.69, 9.17) is 14.2 Å². The molecule has 0 bridgehead atoms. The molecule has 1 saturated carbocycles. The highest BCUT2D eigenvalue weighted by Gasteiger charge is 2.21. The van der Waals surface area contributed by atoms with E-state index in [1.165, 1.54) is 12.8 Å². The normalized spacial score (nSPS) is 16.9. The summed E-state index contributed by atoms with van der Waals surface area (Å²) in [4.78, 5) is 4.16. The minimum absolute atomic E-state index is 0.281. The zero-order valence-electron chi connectivity index (χ0n) is 11.5. The fourth-order valence-corrected chi connectivity index (χ4v) is 1.92. The summed E-state index contributed by atoms with van der Waals surface area (Å²) in [6.45, 7) is 1.54. The third-order valence-corrected chi connectivity index (χ3v) is 3.15. The summed E-state index contributed by atoms with van der Waals surface area (Å²) >= 11 is 0. The van der Waals surface area contributed by atoms with Crippen LogP contribution in [0.4, 0.5) is 0 Å². The summed E-state index contributed by atoms with van der Waals surface area (Å²) in [5, 5.41) is 6.54. The van der Waals surface area contributed by atoms with Crippen LogP contribution in [0, 0.1) is 0 Å². The summed E-state index contributed by atoms with van der Waals surface area (Å²) in [5.41, 5.74) is 0. The topological polar surface area (TPSA) is 64.1 Å². The molecular weight excluding hydrogens is 258 g/mol. The summed E-state index contributed by atoms with van der Waals surface area (Å²) in [6.07, 6.45) is 2.46. The van der Waals surface area contributed by atoms with Gasteiger partial charge in [-0.05, 0) is 25.0 Å². The smallest absolute Gasteiger partial charge is 0.231 e. The molecule has 6 heteroatoms. The van der Waals surface area contributed by atoms with Gasteiger partial charge in [0.05, 0.1) is 6.54 Å². The number of guanidine groups is 1. The quantitative estimate of drug-likeness (QED) is 0.480. The summed E-state index contributed by atoms with van der Waals surface area (Å²) in [5.74, 6) is 3.12. The van der Waals surface area contributed by atoms with E-state index in [1.807, 2.05) is 18.2 Å². The van der Waals surface area contributed by atoms with Crippen LogP contribution in [0.5, 0.6) is 17.2 Å². The molecule has 0 unspecified atom stereocenters. The molecule has 1 aliphatic carbocycles. The number of benzene rings is 1. The van der Waals surface area contributed by atoms with Crippen molar-refractivity contribution < 1.29 is 14.2 Å². The highest BCUT2D eigenvalue weighted by Crippen LogP contribution is 2.34. The first-order valence-corrected chi connectivity index (χ1v) is 6.85. The van der Waals surface area contributed by atoms with Gasteiger partial charge < -0.3 is 24.8 Å². The molecule has 2 aliphatic rings. The van der Waals surface area contributed by atoms with E-state index in [2.05, 4.69) is 15.6 Å². The first-order valence-electron chi connectivity index (χ1n) is 6.85. The van der Waals surface area contributed by atoms with Crippen molar-refractivity contribution in [3.8, 4) is 17.2 Å². The molecule has 6 nitrogen and oxygen atoms in total. The third kappa shape index (κ3) is 3.26. The van der Waals surface area contributed by atoms with E-state index in [0.29, 0.717) is 19.2 Å². The van der Waals surface area contributed by atoms with Crippen LogP contribution >= 0.6 is 0 Å². The van der Waals surface area contributed by atoms with Crippen molar-refractivity contribution in [3.63, 3.8) is 0 Å². The van der Waals surface area contributed by atoms with Crippen LogP contribution in [0.2, 0.25) is 0 Å². The first kappa shape index (κ1) is 12.9. The van der Waals surface area contributed by atoms with Gasteiger partial charge in [-0.25, -0.2) is 0 Å². The van der Waals surface area contributed by atoms with Gasteiger partial charge in [0, 0.05) is 19.2 Å². The highest BCUT2D eigenvalue weighted by atomic mass is 16.7. The molecule has 0 radical (unpaired) electrons. The minimum Gasteiger partial charge on any atom is -0.492 e. The Balaban J connectivity index is 1.41. The van der Waals surface area contributed by atoms with Crippen molar-refractivity contribution >= 4 is 5.96 Å². The van der Waals surface area contributed by atoms with Crippen LogP contribution < -0.4 is 24.8 Å². The van der Waals surface area contributed by atoms with Gasteiger partial charge in [-0.1, -0.05) is 0 Å². The number of fused-ring (bicyclic) bond motifs is 1. The Morgan fingerprint density at radius 3 is 3.00 bits per heavy atom. The van der Waals surface area contributed by atoms with Gasteiger partial charge in [0.2, 0.25) is 6.79 Å². The van der Waals surface area contributed by atoms with E-state index in [9.17, 15) is 0 Å². The van der Waals surface area contributed by atoms with Crippen molar-refractivity contribution in [2.75, 3.05) is 27.0 Å². The Morgan fingerprint density at radius 1 is 1.35 bits per heavy atom. The van der Waals surface area contributed by atoms with Crippen LogP contribution in [-0.2, 0) is 0 Å². The van der Waals surface area contributed by atoms with E-state index in [0.717, 1.165) is 23.2 Å². The van der Waals surface area contributed by atoms with Crippen LogP contribution in [0.25, 0.3) is 0 Å². The Morgan fingerprint density at radius 2 is 2.20 bits per heavy atom. The van der Waals surface area contributed by atoms with Gasteiger partial charge in [0.15, 0.2) is 17.5 Å². The molecule has 1 aromatic carbocycles. The molecule has 0 amide bonds. The van der Waals surface area contributed by atoms with E-state index >= 15 is 0 Å². The summed E-state index contributed by atoms with van der Waals surface area (Å²) < 4.78 is 16.2. The van der Waals surface area contributed by atoms with Crippen LogP contribution in [0.1, 0.15) is 12.8 Å². The Kier molecular flexibility index (Phi) is 3.80. The van der Waals surface area contributed by atoms with Crippen molar-refractivity contribution in [2.24, 2.45) is 4.99 Å². The van der Waals surface area contributed by atoms with Crippen LogP contribution in [-0.4, -0.2) is 39.0 Å². The second kappa shape index (κ2) is 5.90. The Hall–Kier alpha value is -2.11. The number of rotatable bonds is 5. The van der Waals surface area contributed by atoms with E-state index < -0.39 is 0 Å². The largest absolute Gasteiger partial charge is 0.492 e. The van der Waals surface area contributed by atoms with Gasteiger partial charge in [0.25, 0.3) is 0 Å². The molecule has 0 atom stereocenters. The van der Waals surface area contributed by atoms with Crippen LogP contribution in [0.15, 0.2) is 23.2 Å². The predicted molar refractivity (Wildman–Crippen MR) is 75.6 cm³/mol. The van der Waals surface area contributed by atoms with Crippen molar-refractivity contribution in [2.45, 2.75) is 18.9 Å². The first-order chi connectivity index (χ1) is 9.85. The fourth-order valence-electron chi connectivity index (χ4n) is 1.92. The Labute approximate surface area is 118 Å². The fraction of sp³-hybridized carbons (Fsp3) is 0.500. The maximum atomic E-state index is 5.67. The molecule has 108 valence electrons. The average molecular weight is 277 g/mol. The molecule has 20 heavy (non-hydrogen) atoms. The van der Waals surface area contributed by atoms with Gasteiger partial charge in [0.1, 0.15) is 12.4 Å². The van der Waals surface area contributed by atoms with E-state index in [1.54, 1.807) is 7.05 Å². The zero-order chi connectivity index (χ0) is 13.8. The van der Waals surface area contributed by atoms with Gasteiger partial charge in [-0.3, -0.25) is 4.99 Å². The summed E-state index contributed by atoms with van der Waals surface area (Å²) in [6, 6.07) is 6.18. The van der Waals surface area contributed by atoms with E-state index in [-0.39, 0.29) is 6.79 Å². The number of ether oxygens (including phenoxy) is 3. The number of hydrogen-bond donors (Lipinski definition) is 2. The molecule has 1 aliphatic heterocycles. The van der Waals surface area contributed by atoms with Crippen molar-refractivity contribution in [1.82, 2.24) is 10.6 Å². The standard InChI is InChI=1S/C14H19N3O3/c1-15-14(17-10-2-3-10)16-6-7-18-11-4-5-12-13(8-11)20-9-19-12/h4-5,8,10H,2-3,6-7,9H2,1H3,(H2,15,16,17). The molecule has 0 aromatic heterocycles. The zero-order valence-corrected chi connectivity index (χ0v) is 11.5.